The highest BCUT2D eigenvalue weighted by Crippen LogP contribution is 2.34. The van der Waals surface area contributed by atoms with Crippen LogP contribution in [0.5, 0.6) is 11.5 Å². The molecule has 0 bridgehead atoms. The number of hydrogen-bond acceptors (Lipinski definition) is 6. The van der Waals surface area contributed by atoms with Crippen molar-refractivity contribution >= 4 is 28.9 Å². The number of amides is 1. The highest BCUT2D eigenvalue weighted by molar-refractivity contribution is 7.14. The fraction of sp³-hybridized carbons (Fsp3) is 0.333. The van der Waals surface area contributed by atoms with Crippen molar-refractivity contribution in [3.8, 4) is 11.5 Å². The van der Waals surface area contributed by atoms with Crippen molar-refractivity contribution in [1.29, 1.82) is 0 Å². The molecule has 7 heteroatoms. The number of ether oxygens (including phenoxy) is 3. The van der Waals surface area contributed by atoms with Crippen molar-refractivity contribution in [2.75, 3.05) is 12.1 Å². The number of thiophene rings is 1. The average Bonchev–Trinajstić information content (AvgIpc) is 3.20. The number of esters is 1. The van der Waals surface area contributed by atoms with Crippen LogP contribution in [-0.2, 0) is 16.0 Å². The molecule has 132 valence electrons. The smallest absolute Gasteiger partial charge is 0.349 e. The number of hydrogen-bond donors (Lipinski definition) is 1. The molecule has 0 fully saturated rings. The van der Waals surface area contributed by atoms with E-state index < -0.39 is 18.0 Å². The molecule has 1 atom stereocenters. The first kappa shape index (κ1) is 17.3. The lowest BCUT2D eigenvalue weighted by molar-refractivity contribution is -0.123. The molecule has 0 saturated carbocycles. The lowest BCUT2D eigenvalue weighted by Crippen LogP contribution is -2.29. The molecule has 1 aromatic heterocycles. The predicted molar refractivity (Wildman–Crippen MR) is 94.5 cm³/mol. The van der Waals surface area contributed by atoms with E-state index in [0.717, 1.165) is 16.9 Å². The highest BCUT2D eigenvalue weighted by atomic mass is 32.1. The summed E-state index contributed by atoms with van der Waals surface area (Å²) in [6, 6.07) is 6.92. The van der Waals surface area contributed by atoms with E-state index in [1.807, 2.05) is 19.9 Å². The standard InChI is InChI=1S/C18H19NO5S/c1-4-12-7-16(25-11(12)3)18(21)24-10(2)17(20)19-13-5-6-14-15(8-13)23-9-22-14/h5-8,10H,4,9H2,1-3H3,(H,19,20). The summed E-state index contributed by atoms with van der Waals surface area (Å²) in [5, 5.41) is 2.71. The molecule has 6 nitrogen and oxygen atoms in total. The molecule has 1 amide bonds. The van der Waals surface area contributed by atoms with Crippen molar-refractivity contribution in [3.05, 3.63) is 39.6 Å². The van der Waals surface area contributed by atoms with Crippen molar-refractivity contribution in [3.63, 3.8) is 0 Å². The molecule has 0 aliphatic carbocycles. The molecule has 3 rings (SSSR count). The molecule has 2 aromatic rings. The Morgan fingerprint density at radius 1 is 1.28 bits per heavy atom. The van der Waals surface area contributed by atoms with E-state index in [1.165, 1.54) is 11.3 Å². The van der Waals surface area contributed by atoms with Gasteiger partial charge in [-0.25, -0.2) is 4.79 Å². The zero-order valence-electron chi connectivity index (χ0n) is 14.3. The van der Waals surface area contributed by atoms with Crippen LogP contribution in [0.25, 0.3) is 0 Å². The molecular formula is C18H19NO5S. The quantitative estimate of drug-likeness (QED) is 0.825. The summed E-state index contributed by atoms with van der Waals surface area (Å²) in [6.07, 6.45) is -0.0547. The fourth-order valence-corrected chi connectivity index (χ4v) is 3.46. The first-order chi connectivity index (χ1) is 12.0. The number of aryl methyl sites for hydroxylation is 2. The lowest BCUT2D eigenvalue weighted by Gasteiger charge is -2.13. The summed E-state index contributed by atoms with van der Waals surface area (Å²) in [4.78, 5) is 26.1. The molecule has 1 aliphatic heterocycles. The third-order valence-electron chi connectivity index (χ3n) is 3.90. The predicted octanol–water partition coefficient (Wildman–Crippen LogP) is 3.53. The third-order valence-corrected chi connectivity index (χ3v) is 4.97. The number of rotatable bonds is 5. The lowest BCUT2D eigenvalue weighted by atomic mass is 10.2. The van der Waals surface area contributed by atoms with E-state index in [9.17, 15) is 9.59 Å². The van der Waals surface area contributed by atoms with E-state index in [1.54, 1.807) is 25.1 Å². The molecule has 1 aromatic carbocycles. The van der Waals surface area contributed by atoms with Crippen LogP contribution in [0.2, 0.25) is 0 Å². The Kier molecular flexibility index (Phi) is 4.94. The Bertz CT molecular complexity index is 814. The summed E-state index contributed by atoms with van der Waals surface area (Å²) in [5.41, 5.74) is 1.67. The van der Waals surface area contributed by atoms with E-state index in [2.05, 4.69) is 5.32 Å². The molecule has 0 saturated heterocycles. The molecular weight excluding hydrogens is 342 g/mol. The Labute approximate surface area is 149 Å². The van der Waals surface area contributed by atoms with Gasteiger partial charge in [-0.1, -0.05) is 6.92 Å². The van der Waals surface area contributed by atoms with Crippen molar-refractivity contribution in [2.45, 2.75) is 33.3 Å². The van der Waals surface area contributed by atoms with Gasteiger partial charge in [0.05, 0.1) is 0 Å². The number of carbonyl (C=O) groups is 2. The van der Waals surface area contributed by atoms with Crippen LogP contribution in [0.4, 0.5) is 5.69 Å². The van der Waals surface area contributed by atoms with Crippen LogP contribution in [0, 0.1) is 6.92 Å². The van der Waals surface area contributed by atoms with Gasteiger partial charge in [0.2, 0.25) is 6.79 Å². The van der Waals surface area contributed by atoms with Crippen molar-refractivity contribution in [2.24, 2.45) is 0 Å². The summed E-state index contributed by atoms with van der Waals surface area (Å²) in [5.74, 6) is 0.318. The van der Waals surface area contributed by atoms with Gasteiger partial charge in [0.25, 0.3) is 5.91 Å². The Morgan fingerprint density at radius 2 is 2.04 bits per heavy atom. The first-order valence-electron chi connectivity index (χ1n) is 7.98. The number of anilines is 1. The zero-order chi connectivity index (χ0) is 18.0. The maximum atomic E-state index is 12.3. The third kappa shape index (κ3) is 3.76. The van der Waals surface area contributed by atoms with Gasteiger partial charge < -0.3 is 19.5 Å². The topological polar surface area (TPSA) is 73.9 Å². The largest absolute Gasteiger partial charge is 0.454 e. The van der Waals surface area contributed by atoms with Gasteiger partial charge in [-0.2, -0.15) is 0 Å². The van der Waals surface area contributed by atoms with Gasteiger partial charge in [-0.3, -0.25) is 4.79 Å². The number of carbonyl (C=O) groups excluding carboxylic acids is 2. The van der Waals surface area contributed by atoms with Crippen LogP contribution in [0.1, 0.15) is 34.0 Å². The van der Waals surface area contributed by atoms with E-state index in [4.69, 9.17) is 14.2 Å². The van der Waals surface area contributed by atoms with E-state index in [-0.39, 0.29) is 6.79 Å². The Morgan fingerprint density at radius 3 is 2.76 bits per heavy atom. The van der Waals surface area contributed by atoms with E-state index >= 15 is 0 Å². The molecule has 1 N–H and O–H groups in total. The minimum Gasteiger partial charge on any atom is -0.454 e. The molecule has 0 spiro atoms. The van der Waals surface area contributed by atoms with Gasteiger partial charge in [0.1, 0.15) is 4.88 Å². The normalized spacial score (nSPS) is 13.4. The monoisotopic (exact) mass is 361 g/mol. The molecule has 25 heavy (non-hydrogen) atoms. The Balaban J connectivity index is 1.61. The minimum atomic E-state index is -0.912. The maximum Gasteiger partial charge on any atom is 0.349 e. The summed E-state index contributed by atoms with van der Waals surface area (Å²) in [7, 11) is 0. The number of nitrogens with one attached hydrogen (secondary N) is 1. The zero-order valence-corrected chi connectivity index (χ0v) is 15.1. The number of benzene rings is 1. The first-order valence-corrected chi connectivity index (χ1v) is 8.80. The van der Waals surface area contributed by atoms with Gasteiger partial charge in [0.15, 0.2) is 17.6 Å². The highest BCUT2D eigenvalue weighted by Gasteiger charge is 2.22. The molecule has 1 aliphatic rings. The van der Waals surface area contributed by atoms with Crippen LogP contribution >= 0.6 is 11.3 Å². The SMILES string of the molecule is CCc1cc(C(=O)OC(C)C(=O)Nc2ccc3c(c2)OCO3)sc1C. The molecule has 0 radical (unpaired) electrons. The summed E-state index contributed by atoms with van der Waals surface area (Å²) < 4.78 is 15.8. The van der Waals surface area contributed by atoms with Crippen LogP contribution in [0.3, 0.4) is 0 Å². The Hall–Kier alpha value is -2.54. The van der Waals surface area contributed by atoms with Gasteiger partial charge in [-0.15, -0.1) is 11.3 Å². The van der Waals surface area contributed by atoms with Gasteiger partial charge in [-0.05, 0) is 44.0 Å². The minimum absolute atomic E-state index is 0.167. The second-order valence-corrected chi connectivity index (χ2v) is 6.91. The summed E-state index contributed by atoms with van der Waals surface area (Å²) >= 11 is 1.38. The van der Waals surface area contributed by atoms with Crippen molar-refractivity contribution < 1.29 is 23.8 Å². The van der Waals surface area contributed by atoms with Crippen LogP contribution in [-0.4, -0.2) is 24.8 Å². The van der Waals surface area contributed by atoms with E-state index in [0.29, 0.717) is 22.1 Å². The average molecular weight is 361 g/mol. The van der Waals surface area contributed by atoms with Gasteiger partial charge >= 0.3 is 5.97 Å². The second kappa shape index (κ2) is 7.14. The molecule has 1 unspecified atom stereocenters. The van der Waals surface area contributed by atoms with Crippen LogP contribution < -0.4 is 14.8 Å². The maximum absolute atomic E-state index is 12.3. The second-order valence-electron chi connectivity index (χ2n) is 5.65. The van der Waals surface area contributed by atoms with Crippen molar-refractivity contribution in [1.82, 2.24) is 0 Å². The van der Waals surface area contributed by atoms with Gasteiger partial charge in [0, 0.05) is 16.6 Å². The fourth-order valence-electron chi connectivity index (χ4n) is 2.46. The number of fused-ring (bicyclic) bond motifs is 1. The van der Waals surface area contributed by atoms with Crippen LogP contribution in [0.15, 0.2) is 24.3 Å². The molecule has 2 heterocycles. The summed E-state index contributed by atoms with van der Waals surface area (Å²) in [6.45, 7) is 5.71.